The Bertz CT molecular complexity index is 556. The molecule has 0 aliphatic rings. The summed E-state index contributed by atoms with van der Waals surface area (Å²) < 4.78 is 27.1. The summed E-state index contributed by atoms with van der Waals surface area (Å²) in [6, 6.07) is 3.25. The molecule has 2 N–H and O–H groups in total. The molecule has 4 nitrogen and oxygen atoms in total. The first-order chi connectivity index (χ1) is 8.66. The third-order valence-electron chi connectivity index (χ3n) is 3.00. The molecular weight excluding hydrogens is 328 g/mol. The number of hydrogen-bond donors (Lipinski definition) is 1. The number of halogens is 1. The number of aryl methyl sites for hydroxylation is 1. The molecule has 0 atom stereocenters. The first-order valence-electron chi connectivity index (χ1n) is 6.18. The van der Waals surface area contributed by atoms with Gasteiger partial charge in [-0.2, -0.15) is 0 Å². The number of benzene rings is 1. The maximum atomic E-state index is 12.5. The lowest BCUT2D eigenvalue weighted by molar-refractivity contribution is 0.428. The SMILES string of the molecule is Cc1cc(Br)c(N)cc1S(=O)(=O)N(C)CCC(C)C. The zero-order valence-corrected chi connectivity index (χ0v) is 14.2. The third-order valence-corrected chi connectivity index (χ3v) is 5.69. The lowest BCUT2D eigenvalue weighted by Gasteiger charge is -2.20. The van der Waals surface area contributed by atoms with Crippen molar-refractivity contribution in [2.75, 3.05) is 19.3 Å². The summed E-state index contributed by atoms with van der Waals surface area (Å²) in [6.07, 6.45) is 0.834. The summed E-state index contributed by atoms with van der Waals surface area (Å²) in [5.74, 6) is 0.466. The molecule has 0 spiro atoms. The predicted molar refractivity (Wildman–Crippen MR) is 82.6 cm³/mol. The van der Waals surface area contributed by atoms with Gasteiger partial charge in [-0.15, -0.1) is 0 Å². The van der Waals surface area contributed by atoms with Crippen molar-refractivity contribution in [1.82, 2.24) is 4.31 Å². The minimum Gasteiger partial charge on any atom is -0.398 e. The van der Waals surface area contributed by atoms with Crippen LogP contribution in [0.5, 0.6) is 0 Å². The smallest absolute Gasteiger partial charge is 0.243 e. The van der Waals surface area contributed by atoms with Gasteiger partial charge in [-0.05, 0) is 52.9 Å². The van der Waals surface area contributed by atoms with E-state index in [0.717, 1.165) is 6.42 Å². The van der Waals surface area contributed by atoms with Crippen LogP contribution in [0.1, 0.15) is 25.8 Å². The van der Waals surface area contributed by atoms with Crippen molar-refractivity contribution in [3.8, 4) is 0 Å². The van der Waals surface area contributed by atoms with Crippen molar-refractivity contribution in [3.05, 3.63) is 22.2 Å². The van der Waals surface area contributed by atoms with E-state index in [-0.39, 0.29) is 4.90 Å². The van der Waals surface area contributed by atoms with Crippen LogP contribution in [0.15, 0.2) is 21.5 Å². The van der Waals surface area contributed by atoms with Gasteiger partial charge in [0.25, 0.3) is 0 Å². The second-order valence-corrected chi connectivity index (χ2v) is 8.02. The van der Waals surface area contributed by atoms with Crippen LogP contribution >= 0.6 is 15.9 Å². The number of hydrogen-bond acceptors (Lipinski definition) is 3. The van der Waals surface area contributed by atoms with Crippen LogP contribution in [0.25, 0.3) is 0 Å². The molecule has 0 radical (unpaired) electrons. The Kier molecular flexibility index (Phi) is 5.41. The zero-order valence-electron chi connectivity index (χ0n) is 11.8. The number of nitrogens with zero attached hydrogens (tertiary/aromatic N) is 1. The van der Waals surface area contributed by atoms with Crippen LogP contribution in [0, 0.1) is 12.8 Å². The molecule has 0 aliphatic heterocycles. The van der Waals surface area contributed by atoms with Crippen molar-refractivity contribution >= 4 is 31.6 Å². The van der Waals surface area contributed by atoms with Crippen LogP contribution in [-0.4, -0.2) is 26.3 Å². The summed E-state index contributed by atoms with van der Waals surface area (Å²) in [4.78, 5) is 0.277. The van der Waals surface area contributed by atoms with Gasteiger partial charge in [-0.25, -0.2) is 12.7 Å². The predicted octanol–water partition coefficient (Wildman–Crippen LogP) is 3.01. The van der Waals surface area contributed by atoms with E-state index in [1.807, 2.05) is 0 Å². The Hall–Kier alpha value is -0.590. The van der Waals surface area contributed by atoms with Gasteiger partial charge in [0, 0.05) is 23.8 Å². The van der Waals surface area contributed by atoms with Gasteiger partial charge in [0.05, 0.1) is 4.90 Å². The largest absolute Gasteiger partial charge is 0.398 e. The van der Waals surface area contributed by atoms with Crippen molar-refractivity contribution in [2.24, 2.45) is 5.92 Å². The number of rotatable bonds is 5. The fourth-order valence-electron chi connectivity index (χ4n) is 1.67. The average molecular weight is 349 g/mol. The van der Waals surface area contributed by atoms with Crippen molar-refractivity contribution in [3.63, 3.8) is 0 Å². The molecule has 0 heterocycles. The van der Waals surface area contributed by atoms with Gasteiger partial charge in [0.2, 0.25) is 10.0 Å². The fraction of sp³-hybridized carbons (Fsp3) is 0.538. The Balaban J connectivity index is 3.10. The number of nitrogen functional groups attached to an aromatic ring is 1. The van der Waals surface area contributed by atoms with Gasteiger partial charge in [0.1, 0.15) is 0 Å². The lowest BCUT2D eigenvalue weighted by atomic mass is 10.1. The molecule has 0 saturated heterocycles. The molecule has 0 fully saturated rings. The van der Waals surface area contributed by atoms with Crippen molar-refractivity contribution < 1.29 is 8.42 Å². The second-order valence-electron chi connectivity index (χ2n) is 5.15. The van der Waals surface area contributed by atoms with E-state index in [1.54, 1.807) is 20.0 Å². The first-order valence-corrected chi connectivity index (χ1v) is 8.41. The molecule has 0 amide bonds. The third kappa shape index (κ3) is 3.94. The van der Waals surface area contributed by atoms with Crippen LogP contribution < -0.4 is 5.73 Å². The van der Waals surface area contributed by atoms with Gasteiger partial charge in [0.15, 0.2) is 0 Å². The highest BCUT2D eigenvalue weighted by atomic mass is 79.9. The molecule has 6 heteroatoms. The summed E-state index contributed by atoms with van der Waals surface area (Å²) >= 11 is 3.30. The Morgan fingerprint density at radius 3 is 2.47 bits per heavy atom. The summed E-state index contributed by atoms with van der Waals surface area (Å²) in [5.41, 5.74) is 6.90. The van der Waals surface area contributed by atoms with Gasteiger partial charge < -0.3 is 5.73 Å². The Labute approximate surface area is 124 Å². The standard InChI is InChI=1S/C13H21BrN2O2S/c1-9(2)5-6-16(4)19(17,18)13-8-12(15)11(14)7-10(13)3/h7-9H,5-6,15H2,1-4H3. The van der Waals surface area contributed by atoms with Crippen LogP contribution in [0.2, 0.25) is 0 Å². The number of sulfonamides is 1. The van der Waals surface area contributed by atoms with Gasteiger partial charge in [-0.1, -0.05) is 13.8 Å². The highest BCUT2D eigenvalue weighted by molar-refractivity contribution is 9.10. The quantitative estimate of drug-likeness (QED) is 0.831. The Morgan fingerprint density at radius 2 is 1.95 bits per heavy atom. The molecule has 0 bridgehead atoms. The van der Waals surface area contributed by atoms with E-state index < -0.39 is 10.0 Å². The molecule has 108 valence electrons. The normalized spacial score (nSPS) is 12.4. The molecule has 1 aromatic carbocycles. The van der Waals surface area contributed by atoms with Crippen molar-refractivity contribution in [1.29, 1.82) is 0 Å². The average Bonchev–Trinajstić information content (AvgIpc) is 2.30. The molecule has 0 unspecified atom stereocenters. The molecule has 0 aromatic heterocycles. The van der Waals surface area contributed by atoms with Crippen LogP contribution in [-0.2, 0) is 10.0 Å². The van der Waals surface area contributed by atoms with Gasteiger partial charge in [-0.3, -0.25) is 0 Å². The number of anilines is 1. The van der Waals surface area contributed by atoms with Crippen molar-refractivity contribution in [2.45, 2.75) is 32.1 Å². The minimum absolute atomic E-state index is 0.277. The molecule has 1 aromatic rings. The summed E-state index contributed by atoms with van der Waals surface area (Å²) in [6.45, 7) is 6.43. The molecule has 1 rings (SSSR count). The zero-order chi connectivity index (χ0) is 14.8. The Morgan fingerprint density at radius 1 is 1.37 bits per heavy atom. The highest BCUT2D eigenvalue weighted by Gasteiger charge is 2.23. The summed E-state index contributed by atoms with van der Waals surface area (Å²) in [5, 5.41) is 0. The van der Waals surface area contributed by atoms with Crippen LogP contribution in [0.3, 0.4) is 0 Å². The monoisotopic (exact) mass is 348 g/mol. The van der Waals surface area contributed by atoms with Gasteiger partial charge >= 0.3 is 0 Å². The minimum atomic E-state index is -3.47. The van der Waals surface area contributed by atoms with E-state index in [9.17, 15) is 8.42 Å². The molecule has 0 saturated carbocycles. The van der Waals surface area contributed by atoms with E-state index in [4.69, 9.17) is 5.73 Å². The molecule has 0 aliphatic carbocycles. The second kappa shape index (κ2) is 6.24. The van der Waals surface area contributed by atoms with E-state index >= 15 is 0 Å². The number of nitrogens with two attached hydrogens (primary N) is 1. The molecule has 19 heavy (non-hydrogen) atoms. The topological polar surface area (TPSA) is 63.4 Å². The van der Waals surface area contributed by atoms with E-state index in [0.29, 0.717) is 28.2 Å². The lowest BCUT2D eigenvalue weighted by Crippen LogP contribution is -2.29. The fourth-order valence-corrected chi connectivity index (χ4v) is 3.56. The molecular formula is C13H21BrN2O2S. The maximum absolute atomic E-state index is 12.5. The van der Waals surface area contributed by atoms with E-state index in [1.165, 1.54) is 10.4 Å². The highest BCUT2D eigenvalue weighted by Crippen LogP contribution is 2.28. The summed E-state index contributed by atoms with van der Waals surface area (Å²) in [7, 11) is -1.87. The van der Waals surface area contributed by atoms with Crippen LogP contribution in [0.4, 0.5) is 5.69 Å². The maximum Gasteiger partial charge on any atom is 0.243 e. The van der Waals surface area contributed by atoms with E-state index in [2.05, 4.69) is 29.8 Å². The first kappa shape index (κ1) is 16.5.